The number of rotatable bonds is 6. The van der Waals surface area contributed by atoms with Gasteiger partial charge in [-0.15, -0.1) is 11.3 Å². The van der Waals surface area contributed by atoms with Crippen LogP contribution in [0.3, 0.4) is 0 Å². The van der Waals surface area contributed by atoms with Crippen LogP contribution in [0.25, 0.3) is 20.4 Å². The normalized spacial score (nSPS) is 15.7. The third-order valence-corrected chi connectivity index (χ3v) is 5.81. The van der Waals surface area contributed by atoms with Gasteiger partial charge in [0.25, 0.3) is 5.56 Å². The van der Waals surface area contributed by atoms with E-state index in [1.54, 1.807) is 11.3 Å². The average Bonchev–Trinajstić information content (AvgIpc) is 3.04. The summed E-state index contributed by atoms with van der Waals surface area (Å²) in [5.74, 6) is 0.464. The Balaban J connectivity index is 1.65. The lowest BCUT2D eigenvalue weighted by atomic mass is 10.2. The number of benzene rings is 1. The van der Waals surface area contributed by atoms with Crippen molar-refractivity contribution in [3.8, 4) is 0 Å². The van der Waals surface area contributed by atoms with Crippen molar-refractivity contribution in [2.24, 2.45) is 0 Å². The lowest BCUT2D eigenvalue weighted by Gasteiger charge is -2.26. The van der Waals surface area contributed by atoms with Crippen molar-refractivity contribution in [2.45, 2.75) is 19.9 Å². The summed E-state index contributed by atoms with van der Waals surface area (Å²) in [4.78, 5) is 20.9. The Labute approximate surface area is 156 Å². The van der Waals surface area contributed by atoms with Crippen LogP contribution in [0.2, 0.25) is 0 Å². The summed E-state index contributed by atoms with van der Waals surface area (Å²) >= 11 is 1.65. The van der Waals surface area contributed by atoms with Crippen LogP contribution in [0.5, 0.6) is 0 Å². The van der Waals surface area contributed by atoms with Gasteiger partial charge in [0, 0.05) is 42.8 Å². The van der Waals surface area contributed by atoms with Gasteiger partial charge in [-0.05, 0) is 12.5 Å². The number of anilines is 1. The van der Waals surface area contributed by atoms with Crippen molar-refractivity contribution in [1.82, 2.24) is 14.5 Å². The van der Waals surface area contributed by atoms with Gasteiger partial charge in [0.1, 0.15) is 4.83 Å². The first-order valence-electron chi connectivity index (χ1n) is 9.24. The van der Waals surface area contributed by atoms with Crippen LogP contribution in [0.15, 0.2) is 29.1 Å². The molecule has 1 aliphatic heterocycles. The van der Waals surface area contributed by atoms with E-state index in [0.717, 1.165) is 55.0 Å². The minimum Gasteiger partial charge on any atom is -0.379 e. The fraction of sp³-hybridized carbons (Fsp3) is 0.474. The van der Waals surface area contributed by atoms with E-state index in [-0.39, 0.29) is 5.56 Å². The maximum Gasteiger partial charge on any atom is 0.293 e. The van der Waals surface area contributed by atoms with Crippen LogP contribution in [-0.4, -0.2) is 53.8 Å². The minimum absolute atomic E-state index is 0.0233. The molecule has 26 heavy (non-hydrogen) atoms. The number of nitrogens with one attached hydrogen (secondary N) is 1. The van der Waals surface area contributed by atoms with Gasteiger partial charge in [-0.3, -0.25) is 9.69 Å². The van der Waals surface area contributed by atoms with Crippen LogP contribution in [-0.2, 0) is 11.3 Å². The molecule has 1 aliphatic rings. The van der Waals surface area contributed by atoms with Crippen LogP contribution >= 0.6 is 11.3 Å². The number of thiophene rings is 1. The average molecular weight is 372 g/mol. The SMILES string of the molecule is CCCn1c(=O)c(NCCN2CCOCC2)nc2sc3ccccc3c21. The zero-order chi connectivity index (χ0) is 17.9. The fourth-order valence-electron chi connectivity index (χ4n) is 3.44. The molecule has 1 saturated heterocycles. The van der Waals surface area contributed by atoms with Gasteiger partial charge in [-0.1, -0.05) is 25.1 Å². The van der Waals surface area contributed by atoms with Gasteiger partial charge in [0.2, 0.25) is 0 Å². The molecule has 0 spiro atoms. The summed E-state index contributed by atoms with van der Waals surface area (Å²) in [6.45, 7) is 7.88. The quantitative estimate of drug-likeness (QED) is 0.721. The highest BCUT2D eigenvalue weighted by Crippen LogP contribution is 2.32. The highest BCUT2D eigenvalue weighted by molar-refractivity contribution is 7.25. The third kappa shape index (κ3) is 3.34. The summed E-state index contributed by atoms with van der Waals surface area (Å²) in [6, 6.07) is 8.21. The van der Waals surface area contributed by atoms with Crippen molar-refractivity contribution >= 4 is 37.6 Å². The molecule has 0 aliphatic carbocycles. The summed E-state index contributed by atoms with van der Waals surface area (Å²) in [5.41, 5.74) is 0.945. The molecule has 0 bridgehead atoms. The second-order valence-corrected chi connectivity index (χ2v) is 7.58. The predicted molar refractivity (Wildman–Crippen MR) is 107 cm³/mol. The van der Waals surface area contributed by atoms with E-state index in [1.807, 2.05) is 16.7 Å². The second-order valence-electron chi connectivity index (χ2n) is 6.55. The Morgan fingerprint density at radius 1 is 1.23 bits per heavy atom. The predicted octanol–water partition coefficient (Wildman–Crippen LogP) is 2.77. The van der Waals surface area contributed by atoms with Crippen LogP contribution in [0, 0.1) is 0 Å². The molecule has 7 heteroatoms. The van der Waals surface area contributed by atoms with Gasteiger partial charge in [0.15, 0.2) is 5.82 Å². The van der Waals surface area contributed by atoms with Gasteiger partial charge >= 0.3 is 0 Å². The highest BCUT2D eigenvalue weighted by Gasteiger charge is 2.16. The summed E-state index contributed by atoms with van der Waals surface area (Å²) in [6.07, 6.45) is 0.913. The molecule has 2 aromatic heterocycles. The lowest BCUT2D eigenvalue weighted by molar-refractivity contribution is 0.0398. The topological polar surface area (TPSA) is 59.4 Å². The zero-order valence-electron chi connectivity index (χ0n) is 15.0. The number of nitrogens with zero attached hydrogens (tertiary/aromatic N) is 3. The molecule has 0 atom stereocenters. The lowest BCUT2D eigenvalue weighted by Crippen LogP contribution is -2.39. The van der Waals surface area contributed by atoms with E-state index in [0.29, 0.717) is 18.9 Å². The first kappa shape index (κ1) is 17.5. The van der Waals surface area contributed by atoms with Crippen molar-refractivity contribution in [3.63, 3.8) is 0 Å². The summed E-state index contributed by atoms with van der Waals surface area (Å²) in [5, 5.41) is 4.39. The van der Waals surface area contributed by atoms with Crippen molar-refractivity contribution in [1.29, 1.82) is 0 Å². The number of aryl methyl sites for hydroxylation is 1. The minimum atomic E-state index is -0.0233. The van der Waals surface area contributed by atoms with E-state index < -0.39 is 0 Å². The Morgan fingerprint density at radius 2 is 2.04 bits per heavy atom. The van der Waals surface area contributed by atoms with Gasteiger partial charge < -0.3 is 14.6 Å². The maximum atomic E-state index is 13.0. The first-order chi connectivity index (χ1) is 12.8. The van der Waals surface area contributed by atoms with Gasteiger partial charge in [0.05, 0.1) is 18.7 Å². The molecule has 4 rings (SSSR count). The van der Waals surface area contributed by atoms with E-state index in [9.17, 15) is 4.79 Å². The molecular formula is C19H24N4O2S. The molecule has 3 aromatic rings. The Bertz CT molecular complexity index is 959. The number of aromatic nitrogens is 2. The highest BCUT2D eigenvalue weighted by atomic mass is 32.1. The molecule has 0 unspecified atom stereocenters. The number of ether oxygens (including phenoxy) is 1. The third-order valence-electron chi connectivity index (χ3n) is 4.75. The van der Waals surface area contributed by atoms with E-state index in [4.69, 9.17) is 4.74 Å². The monoisotopic (exact) mass is 372 g/mol. The maximum absolute atomic E-state index is 13.0. The number of hydrogen-bond acceptors (Lipinski definition) is 6. The molecule has 0 radical (unpaired) electrons. The summed E-state index contributed by atoms with van der Waals surface area (Å²) < 4.78 is 8.43. The Kier molecular flexibility index (Phi) is 5.19. The van der Waals surface area contributed by atoms with E-state index >= 15 is 0 Å². The molecule has 1 aromatic carbocycles. The fourth-order valence-corrected chi connectivity index (χ4v) is 4.53. The first-order valence-corrected chi connectivity index (χ1v) is 10.1. The van der Waals surface area contributed by atoms with Gasteiger partial charge in [-0.2, -0.15) is 0 Å². The molecule has 1 N–H and O–H groups in total. The van der Waals surface area contributed by atoms with Crippen molar-refractivity contribution < 1.29 is 4.74 Å². The Hall–Kier alpha value is -1.96. The molecule has 138 valence electrons. The van der Waals surface area contributed by atoms with Crippen LogP contribution < -0.4 is 10.9 Å². The molecular weight excluding hydrogens is 348 g/mol. The van der Waals surface area contributed by atoms with Crippen molar-refractivity contribution in [3.05, 3.63) is 34.6 Å². The van der Waals surface area contributed by atoms with E-state index in [1.165, 1.54) is 4.70 Å². The van der Waals surface area contributed by atoms with Gasteiger partial charge in [-0.25, -0.2) is 4.98 Å². The van der Waals surface area contributed by atoms with Crippen LogP contribution in [0.4, 0.5) is 5.82 Å². The molecule has 6 nitrogen and oxygen atoms in total. The summed E-state index contributed by atoms with van der Waals surface area (Å²) in [7, 11) is 0. The zero-order valence-corrected chi connectivity index (χ0v) is 15.8. The van der Waals surface area contributed by atoms with Crippen molar-refractivity contribution in [2.75, 3.05) is 44.7 Å². The number of hydrogen-bond donors (Lipinski definition) is 1. The molecule has 1 fully saturated rings. The standard InChI is InChI=1S/C19H24N4O2S/c1-2-8-23-16-14-5-3-4-6-15(14)26-18(16)21-17(19(23)24)20-7-9-22-10-12-25-13-11-22/h3-6H,2,7-13H2,1H3,(H,20,21). The second kappa shape index (κ2) is 7.73. The number of morpholine rings is 1. The largest absolute Gasteiger partial charge is 0.379 e. The molecule has 3 heterocycles. The van der Waals surface area contributed by atoms with E-state index in [2.05, 4.69) is 34.3 Å². The molecule has 0 amide bonds. The molecule has 0 saturated carbocycles. The smallest absolute Gasteiger partial charge is 0.293 e. The van der Waals surface area contributed by atoms with Crippen LogP contribution in [0.1, 0.15) is 13.3 Å². The Morgan fingerprint density at radius 3 is 2.85 bits per heavy atom. The number of fused-ring (bicyclic) bond motifs is 3.